The van der Waals surface area contributed by atoms with Crippen LogP contribution in [0.15, 0.2) is 24.3 Å². The molecule has 0 heterocycles. The van der Waals surface area contributed by atoms with E-state index in [0.717, 1.165) is 11.8 Å². The molecule has 18 heavy (non-hydrogen) atoms. The van der Waals surface area contributed by atoms with Crippen LogP contribution in [0.5, 0.6) is 5.75 Å². The molecular formula is C17H24O. The van der Waals surface area contributed by atoms with Crippen LogP contribution in [0.4, 0.5) is 0 Å². The lowest BCUT2D eigenvalue weighted by Gasteiger charge is -2.30. The molecule has 2 saturated carbocycles. The van der Waals surface area contributed by atoms with Gasteiger partial charge in [0, 0.05) is 0 Å². The van der Waals surface area contributed by atoms with Gasteiger partial charge in [0.15, 0.2) is 0 Å². The molecule has 0 saturated heterocycles. The number of para-hydroxylation sites is 1. The minimum atomic E-state index is 0.529. The third-order valence-corrected chi connectivity index (χ3v) is 5.11. The standard InChI is InChI=1S/C17H24O/c18-16-12-6-5-11-15(16)17(13-7-1-2-8-13)14-9-3-4-10-14/h5-6,11-14,17-18H,1-4,7-10H2. The van der Waals surface area contributed by atoms with Crippen LogP contribution in [0, 0.1) is 11.8 Å². The summed E-state index contributed by atoms with van der Waals surface area (Å²) in [7, 11) is 0. The molecule has 98 valence electrons. The average molecular weight is 244 g/mol. The summed E-state index contributed by atoms with van der Waals surface area (Å²) >= 11 is 0. The van der Waals surface area contributed by atoms with E-state index in [-0.39, 0.29) is 0 Å². The summed E-state index contributed by atoms with van der Waals surface area (Å²) in [5.41, 5.74) is 1.23. The Kier molecular flexibility index (Phi) is 3.58. The lowest BCUT2D eigenvalue weighted by Crippen LogP contribution is -2.18. The maximum absolute atomic E-state index is 10.2. The summed E-state index contributed by atoms with van der Waals surface area (Å²) in [6.45, 7) is 0. The Bertz CT molecular complexity index is 370. The van der Waals surface area contributed by atoms with Gasteiger partial charge in [0.25, 0.3) is 0 Å². The second-order valence-corrected chi connectivity index (χ2v) is 6.17. The molecule has 1 nitrogen and oxygen atoms in total. The minimum absolute atomic E-state index is 0.529. The van der Waals surface area contributed by atoms with Crippen LogP contribution in [0.3, 0.4) is 0 Å². The lowest BCUT2D eigenvalue weighted by atomic mass is 9.75. The van der Waals surface area contributed by atoms with E-state index in [9.17, 15) is 5.11 Å². The van der Waals surface area contributed by atoms with Gasteiger partial charge in [-0.1, -0.05) is 43.9 Å². The van der Waals surface area contributed by atoms with E-state index >= 15 is 0 Å². The largest absolute Gasteiger partial charge is 0.508 e. The Hall–Kier alpha value is -0.980. The Labute approximate surface area is 110 Å². The molecule has 0 spiro atoms. The average Bonchev–Trinajstić information content (AvgIpc) is 3.05. The summed E-state index contributed by atoms with van der Waals surface area (Å²) in [4.78, 5) is 0. The molecule has 2 aliphatic carbocycles. The van der Waals surface area contributed by atoms with Gasteiger partial charge in [-0.25, -0.2) is 0 Å². The van der Waals surface area contributed by atoms with Gasteiger partial charge in [-0.3, -0.25) is 0 Å². The predicted molar refractivity (Wildman–Crippen MR) is 74.8 cm³/mol. The summed E-state index contributed by atoms with van der Waals surface area (Å²) < 4.78 is 0. The molecule has 2 aliphatic rings. The second kappa shape index (κ2) is 5.34. The number of phenols is 1. The molecule has 0 aromatic heterocycles. The second-order valence-electron chi connectivity index (χ2n) is 6.17. The van der Waals surface area contributed by atoms with E-state index < -0.39 is 0 Å². The zero-order chi connectivity index (χ0) is 12.4. The van der Waals surface area contributed by atoms with Crippen LogP contribution in [-0.2, 0) is 0 Å². The number of aromatic hydroxyl groups is 1. The third kappa shape index (κ3) is 2.28. The van der Waals surface area contributed by atoms with Crippen molar-refractivity contribution in [2.75, 3.05) is 0 Å². The molecule has 1 aromatic carbocycles. The highest BCUT2D eigenvalue weighted by molar-refractivity contribution is 5.36. The molecule has 0 bridgehead atoms. The fourth-order valence-corrected chi connectivity index (χ4v) is 4.30. The summed E-state index contributed by atoms with van der Waals surface area (Å²) in [6.07, 6.45) is 11.0. The van der Waals surface area contributed by atoms with Crippen molar-refractivity contribution < 1.29 is 5.11 Å². The normalized spacial score (nSPS) is 22.1. The van der Waals surface area contributed by atoms with Crippen molar-refractivity contribution in [3.8, 4) is 5.75 Å². The summed E-state index contributed by atoms with van der Waals surface area (Å²) in [6, 6.07) is 8.06. The van der Waals surface area contributed by atoms with E-state index in [0.29, 0.717) is 11.7 Å². The maximum Gasteiger partial charge on any atom is 0.119 e. The van der Waals surface area contributed by atoms with Gasteiger partial charge in [0.05, 0.1) is 0 Å². The Morgan fingerprint density at radius 1 is 0.833 bits per heavy atom. The fourth-order valence-electron chi connectivity index (χ4n) is 4.30. The first-order valence-electron chi connectivity index (χ1n) is 7.64. The first-order chi connectivity index (χ1) is 8.86. The first-order valence-corrected chi connectivity index (χ1v) is 7.64. The number of hydrogen-bond acceptors (Lipinski definition) is 1. The zero-order valence-corrected chi connectivity index (χ0v) is 11.1. The van der Waals surface area contributed by atoms with Crippen LogP contribution in [0.2, 0.25) is 0 Å². The molecule has 0 atom stereocenters. The SMILES string of the molecule is Oc1ccccc1C(C1CCCC1)C1CCCC1. The maximum atomic E-state index is 10.2. The predicted octanol–water partition coefficient (Wildman–Crippen LogP) is 4.86. The van der Waals surface area contributed by atoms with Crippen LogP contribution < -0.4 is 0 Å². The van der Waals surface area contributed by atoms with Gasteiger partial charge >= 0.3 is 0 Å². The molecule has 0 unspecified atom stereocenters. The third-order valence-electron chi connectivity index (χ3n) is 5.11. The monoisotopic (exact) mass is 244 g/mol. The number of benzene rings is 1. The highest BCUT2D eigenvalue weighted by Crippen LogP contribution is 2.49. The van der Waals surface area contributed by atoms with Crippen LogP contribution in [-0.4, -0.2) is 5.11 Å². The van der Waals surface area contributed by atoms with Crippen molar-refractivity contribution in [2.45, 2.75) is 57.3 Å². The zero-order valence-electron chi connectivity index (χ0n) is 11.1. The number of hydrogen-bond donors (Lipinski definition) is 1. The number of phenolic OH excluding ortho intramolecular Hbond substituents is 1. The van der Waals surface area contributed by atoms with Gasteiger partial charge in [-0.2, -0.15) is 0 Å². The Morgan fingerprint density at radius 3 is 1.83 bits per heavy atom. The molecule has 3 rings (SSSR count). The van der Waals surface area contributed by atoms with E-state index in [1.165, 1.54) is 56.9 Å². The number of rotatable bonds is 3. The lowest BCUT2D eigenvalue weighted by molar-refractivity contribution is 0.306. The molecule has 1 N–H and O–H groups in total. The summed E-state index contributed by atoms with van der Waals surface area (Å²) in [5, 5.41) is 10.2. The van der Waals surface area contributed by atoms with Gasteiger partial charge in [0.2, 0.25) is 0 Å². The quantitative estimate of drug-likeness (QED) is 0.805. The van der Waals surface area contributed by atoms with Crippen molar-refractivity contribution in [1.82, 2.24) is 0 Å². The molecule has 2 fully saturated rings. The molecule has 0 radical (unpaired) electrons. The van der Waals surface area contributed by atoms with Crippen LogP contribution >= 0.6 is 0 Å². The van der Waals surface area contributed by atoms with Crippen molar-refractivity contribution >= 4 is 0 Å². The minimum Gasteiger partial charge on any atom is -0.508 e. The van der Waals surface area contributed by atoms with Crippen molar-refractivity contribution in [1.29, 1.82) is 0 Å². The topological polar surface area (TPSA) is 20.2 Å². The van der Waals surface area contributed by atoms with Gasteiger partial charge in [0.1, 0.15) is 5.75 Å². The first kappa shape index (κ1) is 12.1. The smallest absolute Gasteiger partial charge is 0.119 e. The molecule has 0 aliphatic heterocycles. The van der Waals surface area contributed by atoms with E-state index in [1.807, 2.05) is 12.1 Å². The van der Waals surface area contributed by atoms with Crippen LogP contribution in [0.1, 0.15) is 62.8 Å². The molecule has 1 aromatic rings. The van der Waals surface area contributed by atoms with Gasteiger partial charge < -0.3 is 5.11 Å². The van der Waals surface area contributed by atoms with E-state index in [2.05, 4.69) is 12.1 Å². The highest BCUT2D eigenvalue weighted by atomic mass is 16.3. The summed E-state index contributed by atoms with van der Waals surface area (Å²) in [5.74, 6) is 2.79. The fraction of sp³-hybridized carbons (Fsp3) is 0.647. The molecule has 0 amide bonds. The Balaban J connectivity index is 1.90. The van der Waals surface area contributed by atoms with Gasteiger partial charge in [-0.15, -0.1) is 0 Å². The molecule has 1 heteroatoms. The van der Waals surface area contributed by atoms with Crippen LogP contribution in [0.25, 0.3) is 0 Å². The highest BCUT2D eigenvalue weighted by Gasteiger charge is 2.35. The van der Waals surface area contributed by atoms with Crippen molar-refractivity contribution in [3.63, 3.8) is 0 Å². The van der Waals surface area contributed by atoms with E-state index in [4.69, 9.17) is 0 Å². The van der Waals surface area contributed by atoms with Gasteiger partial charge in [-0.05, 0) is 55.1 Å². The van der Waals surface area contributed by atoms with E-state index in [1.54, 1.807) is 0 Å². The Morgan fingerprint density at radius 2 is 1.33 bits per heavy atom. The van der Waals surface area contributed by atoms with Crippen molar-refractivity contribution in [3.05, 3.63) is 29.8 Å². The van der Waals surface area contributed by atoms with Crippen molar-refractivity contribution in [2.24, 2.45) is 11.8 Å². The molecular weight excluding hydrogens is 220 g/mol.